The number of halogens is 1. The van der Waals surface area contributed by atoms with Crippen molar-refractivity contribution in [3.63, 3.8) is 0 Å². The summed E-state index contributed by atoms with van der Waals surface area (Å²) >= 11 is 0. The zero-order chi connectivity index (χ0) is 20.8. The zero-order valence-electron chi connectivity index (χ0n) is 15.9. The van der Waals surface area contributed by atoms with Gasteiger partial charge in [-0.15, -0.1) is 0 Å². The molecule has 1 aromatic carbocycles. The van der Waals surface area contributed by atoms with Gasteiger partial charge in [0.1, 0.15) is 11.7 Å². The second-order valence-electron chi connectivity index (χ2n) is 7.96. The fraction of sp³-hybridized carbons (Fsp3) is 0.500. The minimum absolute atomic E-state index is 0.0203. The maximum absolute atomic E-state index is 14.3. The van der Waals surface area contributed by atoms with Gasteiger partial charge in [-0.2, -0.15) is 0 Å². The van der Waals surface area contributed by atoms with E-state index in [1.54, 1.807) is 18.2 Å². The van der Waals surface area contributed by atoms with Crippen molar-refractivity contribution < 1.29 is 23.6 Å². The highest BCUT2D eigenvalue weighted by atomic mass is 19.1. The predicted octanol–water partition coefficient (Wildman–Crippen LogP) is 0.351. The number of hydrogen-bond donors (Lipinski definition) is 2. The Kier molecular flexibility index (Phi) is 4.95. The van der Waals surface area contributed by atoms with E-state index in [2.05, 4.69) is 10.2 Å². The first-order valence-electron chi connectivity index (χ1n) is 9.77. The highest BCUT2D eigenvalue weighted by Crippen LogP contribution is 2.30. The van der Waals surface area contributed by atoms with Crippen LogP contribution in [0.5, 0.6) is 0 Å². The summed E-state index contributed by atoms with van der Waals surface area (Å²) in [5.74, 6) is -2.07. The van der Waals surface area contributed by atoms with Crippen LogP contribution in [0, 0.1) is 0 Å². The van der Waals surface area contributed by atoms with Gasteiger partial charge in [0, 0.05) is 32.6 Å². The fourth-order valence-corrected chi connectivity index (χ4v) is 4.19. The molecule has 8 nitrogen and oxygen atoms in total. The van der Waals surface area contributed by atoms with E-state index < -0.39 is 35.3 Å². The first-order valence-corrected chi connectivity index (χ1v) is 9.77. The van der Waals surface area contributed by atoms with Crippen LogP contribution in [-0.4, -0.2) is 64.8 Å². The van der Waals surface area contributed by atoms with E-state index in [4.69, 9.17) is 5.73 Å². The van der Waals surface area contributed by atoms with Crippen molar-refractivity contribution >= 4 is 23.6 Å². The summed E-state index contributed by atoms with van der Waals surface area (Å²) in [4.78, 5) is 52.1. The molecule has 3 aliphatic rings. The van der Waals surface area contributed by atoms with Crippen LogP contribution < -0.4 is 11.1 Å². The molecule has 2 saturated heterocycles. The maximum atomic E-state index is 14.3. The fourth-order valence-electron chi connectivity index (χ4n) is 4.19. The molecule has 0 spiro atoms. The Balaban J connectivity index is 1.49. The van der Waals surface area contributed by atoms with Gasteiger partial charge in [-0.1, -0.05) is 6.07 Å². The number of nitrogens with two attached hydrogens (primary N) is 1. The smallest absolute Gasteiger partial charge is 0.262 e. The summed E-state index contributed by atoms with van der Waals surface area (Å²) in [7, 11) is 0. The summed E-state index contributed by atoms with van der Waals surface area (Å²) in [5.41, 5.74) is 5.56. The van der Waals surface area contributed by atoms with Gasteiger partial charge >= 0.3 is 0 Å². The lowest BCUT2D eigenvalue weighted by atomic mass is 9.93. The van der Waals surface area contributed by atoms with Crippen LogP contribution in [0.25, 0.3) is 0 Å². The number of likely N-dealkylation sites (tertiary alicyclic amines) is 1. The van der Waals surface area contributed by atoms with E-state index in [1.807, 2.05) is 0 Å². The first kappa shape index (κ1) is 19.7. The highest BCUT2D eigenvalue weighted by molar-refractivity contribution is 6.23. The van der Waals surface area contributed by atoms with Crippen LogP contribution in [0.1, 0.15) is 52.0 Å². The lowest BCUT2D eigenvalue weighted by Crippen LogP contribution is -2.54. The summed E-state index contributed by atoms with van der Waals surface area (Å²) in [6.07, 6.45) is 0.954. The Hall–Kier alpha value is -2.65. The molecule has 3 heterocycles. The summed E-state index contributed by atoms with van der Waals surface area (Å²) < 4.78 is 14.3. The van der Waals surface area contributed by atoms with E-state index >= 15 is 0 Å². The van der Waals surface area contributed by atoms with Crippen LogP contribution >= 0.6 is 0 Å². The van der Waals surface area contributed by atoms with Crippen LogP contribution in [0.15, 0.2) is 18.2 Å². The van der Waals surface area contributed by atoms with Crippen LogP contribution in [0.2, 0.25) is 0 Å². The molecule has 0 saturated carbocycles. The summed E-state index contributed by atoms with van der Waals surface area (Å²) in [5, 5.41) is 2.18. The number of carbonyl (C=O) groups excluding carboxylic acids is 4. The Morgan fingerprint density at radius 3 is 2.45 bits per heavy atom. The molecular formula is C20H23FN4O4. The lowest BCUT2D eigenvalue weighted by Gasteiger charge is -2.35. The first-order chi connectivity index (χ1) is 13.8. The average molecular weight is 402 g/mol. The molecule has 4 amide bonds. The molecule has 4 rings (SSSR count). The number of carbonyl (C=O) groups is 4. The van der Waals surface area contributed by atoms with Gasteiger partial charge in [-0.05, 0) is 37.0 Å². The van der Waals surface area contributed by atoms with Crippen molar-refractivity contribution in [3.05, 3.63) is 34.9 Å². The van der Waals surface area contributed by atoms with E-state index in [-0.39, 0.29) is 30.5 Å². The quantitative estimate of drug-likeness (QED) is 0.703. The van der Waals surface area contributed by atoms with Gasteiger partial charge < -0.3 is 5.73 Å². The molecule has 154 valence electrons. The van der Waals surface area contributed by atoms with Crippen molar-refractivity contribution in [2.24, 2.45) is 5.73 Å². The summed E-state index contributed by atoms with van der Waals surface area (Å²) in [6.45, 7) is 1.69. The minimum atomic E-state index is -1.31. The number of benzene rings is 1. The number of piperidine rings is 2. The number of alkyl halides is 1. The molecule has 0 bridgehead atoms. The Morgan fingerprint density at radius 1 is 1.10 bits per heavy atom. The number of nitrogens with one attached hydrogen (secondary N) is 1. The van der Waals surface area contributed by atoms with Crippen molar-refractivity contribution in [2.45, 2.75) is 43.9 Å². The highest BCUT2D eigenvalue weighted by Gasteiger charge is 2.44. The van der Waals surface area contributed by atoms with Gasteiger partial charge in [0.05, 0.1) is 11.1 Å². The third kappa shape index (κ3) is 3.56. The predicted molar refractivity (Wildman–Crippen MR) is 101 cm³/mol. The van der Waals surface area contributed by atoms with Crippen molar-refractivity contribution in [1.82, 2.24) is 15.1 Å². The molecule has 2 fully saturated rings. The molecule has 1 unspecified atom stereocenters. The largest absolute Gasteiger partial charge is 0.328 e. The molecule has 0 radical (unpaired) electrons. The van der Waals surface area contributed by atoms with Crippen LogP contribution in [0.3, 0.4) is 0 Å². The van der Waals surface area contributed by atoms with Crippen molar-refractivity contribution in [2.75, 3.05) is 19.6 Å². The molecule has 3 N–H and O–H groups in total. The Bertz CT molecular complexity index is 894. The number of fused-ring (bicyclic) bond motifs is 1. The number of nitrogens with zero attached hydrogens (tertiary/aromatic N) is 2. The van der Waals surface area contributed by atoms with E-state index in [1.165, 1.54) is 0 Å². The maximum Gasteiger partial charge on any atom is 0.262 e. The van der Waals surface area contributed by atoms with Gasteiger partial charge in [0.25, 0.3) is 11.8 Å². The normalized spacial score (nSPS) is 24.6. The zero-order valence-corrected chi connectivity index (χ0v) is 15.9. The molecule has 1 atom stereocenters. The number of amides is 4. The third-order valence-corrected chi connectivity index (χ3v) is 6.03. The monoisotopic (exact) mass is 402 g/mol. The van der Waals surface area contributed by atoms with Crippen molar-refractivity contribution in [1.29, 1.82) is 0 Å². The molecule has 29 heavy (non-hydrogen) atoms. The minimum Gasteiger partial charge on any atom is -0.328 e. The number of rotatable bonds is 4. The number of imide groups is 2. The van der Waals surface area contributed by atoms with Crippen LogP contribution in [-0.2, 0) is 16.1 Å². The van der Waals surface area contributed by atoms with E-state index in [9.17, 15) is 23.6 Å². The molecule has 1 aromatic rings. The van der Waals surface area contributed by atoms with Gasteiger partial charge in [0.15, 0.2) is 0 Å². The topological polar surface area (TPSA) is 113 Å². The Morgan fingerprint density at radius 2 is 1.79 bits per heavy atom. The van der Waals surface area contributed by atoms with E-state index in [0.29, 0.717) is 32.5 Å². The standard InChI is InChI=1S/C20H23FN4O4/c21-20(11-22)5-7-24(8-6-20)10-12-1-2-13-14(9-12)19(29)25(18(13)28)15-3-4-16(26)23-17(15)27/h1-2,9,15H,3-8,10-11,22H2,(H,23,26,27). The van der Waals surface area contributed by atoms with Gasteiger partial charge in [0.2, 0.25) is 11.8 Å². The molecule has 9 heteroatoms. The molecule has 0 aromatic heterocycles. The molecule has 0 aliphatic carbocycles. The Labute approximate surface area is 167 Å². The second-order valence-corrected chi connectivity index (χ2v) is 7.96. The molecule has 3 aliphatic heterocycles. The second kappa shape index (κ2) is 7.31. The van der Waals surface area contributed by atoms with Crippen molar-refractivity contribution in [3.8, 4) is 0 Å². The molecular weight excluding hydrogens is 379 g/mol. The number of hydrogen-bond acceptors (Lipinski definition) is 6. The summed E-state index contributed by atoms with van der Waals surface area (Å²) in [6, 6.07) is 4.07. The van der Waals surface area contributed by atoms with Gasteiger partial charge in [-0.25, -0.2) is 4.39 Å². The van der Waals surface area contributed by atoms with Crippen LogP contribution in [0.4, 0.5) is 4.39 Å². The third-order valence-electron chi connectivity index (χ3n) is 6.03. The lowest BCUT2D eigenvalue weighted by molar-refractivity contribution is -0.136. The van der Waals surface area contributed by atoms with E-state index in [0.717, 1.165) is 10.5 Å². The van der Waals surface area contributed by atoms with Gasteiger partial charge in [-0.3, -0.25) is 34.3 Å². The average Bonchev–Trinajstić information content (AvgIpc) is 2.94. The SMILES string of the molecule is NCC1(F)CCN(Cc2ccc3c(c2)C(=O)N(C2CCC(=O)NC2=O)C3=O)CC1.